The fourth-order valence-electron chi connectivity index (χ4n) is 2.54. The Morgan fingerprint density at radius 3 is 2.62 bits per heavy atom. The molecule has 26 heavy (non-hydrogen) atoms. The number of carbonyl (C=O) groups excluding carboxylic acids is 1. The van der Waals surface area contributed by atoms with Gasteiger partial charge in [-0.05, 0) is 56.5 Å². The van der Waals surface area contributed by atoms with Crippen LogP contribution in [0.25, 0.3) is 0 Å². The third kappa shape index (κ3) is 4.85. The van der Waals surface area contributed by atoms with Crippen LogP contribution >= 0.6 is 11.6 Å². The maximum Gasteiger partial charge on any atom is 0.340 e. The van der Waals surface area contributed by atoms with Gasteiger partial charge in [-0.3, -0.25) is 0 Å². The SMILES string of the molecule is CCN(C)C=Nc1cc(Cl)c(C(=O)OC(C)c2ccccc2C)cc1C. The molecule has 1 unspecified atom stereocenters. The van der Waals surface area contributed by atoms with E-state index >= 15 is 0 Å². The van der Waals surface area contributed by atoms with Gasteiger partial charge in [0.15, 0.2) is 0 Å². The average Bonchev–Trinajstić information content (AvgIpc) is 2.61. The van der Waals surface area contributed by atoms with Crippen LogP contribution in [0.3, 0.4) is 0 Å². The number of carbonyl (C=O) groups is 1. The minimum Gasteiger partial charge on any atom is -0.454 e. The van der Waals surface area contributed by atoms with Crippen LogP contribution in [0.2, 0.25) is 5.02 Å². The summed E-state index contributed by atoms with van der Waals surface area (Å²) in [6, 6.07) is 11.3. The number of aryl methyl sites for hydroxylation is 2. The largest absolute Gasteiger partial charge is 0.454 e. The summed E-state index contributed by atoms with van der Waals surface area (Å²) < 4.78 is 5.62. The second-order valence-corrected chi connectivity index (χ2v) is 6.75. The monoisotopic (exact) mass is 372 g/mol. The Kier molecular flexibility index (Phi) is 6.81. The van der Waals surface area contributed by atoms with E-state index in [0.717, 1.165) is 28.9 Å². The summed E-state index contributed by atoms with van der Waals surface area (Å²) in [5, 5.41) is 0.337. The van der Waals surface area contributed by atoms with E-state index in [1.807, 2.05) is 63.9 Å². The summed E-state index contributed by atoms with van der Waals surface area (Å²) in [4.78, 5) is 19.0. The number of esters is 1. The summed E-state index contributed by atoms with van der Waals surface area (Å²) in [5.41, 5.74) is 4.02. The molecule has 0 saturated carbocycles. The molecule has 0 spiro atoms. The molecule has 2 aromatic rings. The minimum atomic E-state index is -0.435. The molecule has 5 heteroatoms. The van der Waals surface area contributed by atoms with Gasteiger partial charge in [0.05, 0.1) is 22.6 Å². The Morgan fingerprint density at radius 2 is 1.96 bits per heavy atom. The van der Waals surface area contributed by atoms with Crippen LogP contribution in [-0.2, 0) is 4.74 Å². The average molecular weight is 373 g/mol. The van der Waals surface area contributed by atoms with Gasteiger partial charge in [0, 0.05) is 13.6 Å². The molecule has 2 rings (SSSR count). The molecule has 2 aromatic carbocycles. The van der Waals surface area contributed by atoms with Crippen molar-refractivity contribution in [1.29, 1.82) is 0 Å². The Morgan fingerprint density at radius 1 is 1.27 bits per heavy atom. The number of benzene rings is 2. The second-order valence-electron chi connectivity index (χ2n) is 6.34. The maximum atomic E-state index is 12.6. The third-order valence-electron chi connectivity index (χ3n) is 4.31. The lowest BCUT2D eigenvalue weighted by atomic mass is 10.0. The fourth-order valence-corrected chi connectivity index (χ4v) is 2.77. The lowest BCUT2D eigenvalue weighted by molar-refractivity contribution is 0.0337. The Bertz CT molecular complexity index is 818. The summed E-state index contributed by atoms with van der Waals surface area (Å²) in [6.07, 6.45) is 1.40. The molecule has 0 aliphatic carbocycles. The predicted molar refractivity (Wildman–Crippen MR) is 108 cm³/mol. The first-order chi connectivity index (χ1) is 12.3. The van der Waals surface area contributed by atoms with Crippen molar-refractivity contribution < 1.29 is 9.53 Å². The maximum absolute atomic E-state index is 12.6. The molecule has 0 fully saturated rings. The van der Waals surface area contributed by atoms with Crippen molar-refractivity contribution >= 4 is 29.6 Å². The number of hydrogen-bond donors (Lipinski definition) is 0. The molecule has 138 valence electrons. The van der Waals surface area contributed by atoms with Crippen LogP contribution in [0.15, 0.2) is 41.4 Å². The topological polar surface area (TPSA) is 41.9 Å². The van der Waals surface area contributed by atoms with Crippen molar-refractivity contribution in [3.8, 4) is 0 Å². The van der Waals surface area contributed by atoms with Gasteiger partial charge in [-0.1, -0.05) is 35.9 Å². The zero-order valence-electron chi connectivity index (χ0n) is 15.9. The summed E-state index contributed by atoms with van der Waals surface area (Å²) in [7, 11) is 1.94. The quantitative estimate of drug-likeness (QED) is 0.382. The van der Waals surface area contributed by atoms with E-state index in [1.54, 1.807) is 18.5 Å². The molecule has 1 atom stereocenters. The van der Waals surface area contributed by atoms with E-state index < -0.39 is 5.97 Å². The summed E-state index contributed by atoms with van der Waals surface area (Å²) >= 11 is 6.32. The molecule has 0 aliphatic heterocycles. The third-order valence-corrected chi connectivity index (χ3v) is 4.62. The van der Waals surface area contributed by atoms with Gasteiger partial charge in [-0.15, -0.1) is 0 Å². The molecule has 0 amide bonds. The van der Waals surface area contributed by atoms with Crippen molar-refractivity contribution in [2.45, 2.75) is 33.8 Å². The smallest absolute Gasteiger partial charge is 0.340 e. The number of aliphatic imine (C=N–C) groups is 1. The highest BCUT2D eigenvalue weighted by Crippen LogP contribution is 2.29. The molecule has 4 nitrogen and oxygen atoms in total. The van der Waals surface area contributed by atoms with Crippen LogP contribution in [0.4, 0.5) is 5.69 Å². The number of halogens is 1. The van der Waals surface area contributed by atoms with Crippen molar-refractivity contribution in [3.05, 3.63) is 63.7 Å². The van der Waals surface area contributed by atoms with Gasteiger partial charge < -0.3 is 9.64 Å². The molecule has 0 aromatic heterocycles. The van der Waals surface area contributed by atoms with Gasteiger partial charge in [-0.25, -0.2) is 9.79 Å². The standard InChI is InChI=1S/C21H25ClN2O2/c1-6-24(5)13-23-20-12-19(22)18(11-15(20)3)21(25)26-16(4)17-10-8-7-9-14(17)2/h7-13,16H,6H2,1-5H3. The first-order valence-electron chi connectivity index (χ1n) is 8.64. The van der Waals surface area contributed by atoms with Gasteiger partial charge in [0.2, 0.25) is 0 Å². The van der Waals surface area contributed by atoms with Gasteiger partial charge in [0.1, 0.15) is 6.10 Å². The Labute approximate surface area is 160 Å². The predicted octanol–water partition coefficient (Wildman–Crippen LogP) is 5.49. The lowest BCUT2D eigenvalue weighted by Gasteiger charge is -2.17. The van der Waals surface area contributed by atoms with E-state index in [-0.39, 0.29) is 6.10 Å². The van der Waals surface area contributed by atoms with E-state index in [9.17, 15) is 4.79 Å². The molecule has 0 heterocycles. The van der Waals surface area contributed by atoms with E-state index in [1.165, 1.54) is 0 Å². The van der Waals surface area contributed by atoms with Gasteiger partial charge in [0.25, 0.3) is 0 Å². The lowest BCUT2D eigenvalue weighted by Crippen LogP contribution is -2.14. The number of hydrogen-bond acceptors (Lipinski definition) is 3. The molecule has 0 radical (unpaired) electrons. The number of ether oxygens (including phenoxy) is 1. The van der Waals surface area contributed by atoms with Crippen molar-refractivity contribution in [3.63, 3.8) is 0 Å². The molecular weight excluding hydrogens is 348 g/mol. The zero-order valence-corrected chi connectivity index (χ0v) is 16.7. The zero-order chi connectivity index (χ0) is 19.3. The highest BCUT2D eigenvalue weighted by atomic mass is 35.5. The number of rotatable bonds is 6. The fraction of sp³-hybridized carbons (Fsp3) is 0.333. The summed E-state index contributed by atoms with van der Waals surface area (Å²) in [6.45, 7) is 8.66. The summed E-state index contributed by atoms with van der Waals surface area (Å²) in [5.74, 6) is -0.435. The van der Waals surface area contributed by atoms with Crippen LogP contribution < -0.4 is 0 Å². The first-order valence-corrected chi connectivity index (χ1v) is 9.02. The Hall–Kier alpha value is -2.33. The number of nitrogens with zero attached hydrogens (tertiary/aromatic N) is 2. The van der Waals surface area contributed by atoms with Crippen LogP contribution in [0.1, 0.15) is 47.0 Å². The minimum absolute atomic E-state index is 0.337. The van der Waals surface area contributed by atoms with E-state index in [2.05, 4.69) is 4.99 Å². The Balaban J connectivity index is 2.20. The van der Waals surface area contributed by atoms with Crippen LogP contribution in [-0.4, -0.2) is 30.8 Å². The van der Waals surface area contributed by atoms with E-state index in [4.69, 9.17) is 16.3 Å². The molecule has 0 N–H and O–H groups in total. The normalized spacial score (nSPS) is 12.2. The van der Waals surface area contributed by atoms with Crippen molar-refractivity contribution in [2.24, 2.45) is 4.99 Å². The van der Waals surface area contributed by atoms with Crippen molar-refractivity contribution in [2.75, 3.05) is 13.6 Å². The molecule has 0 saturated heterocycles. The second kappa shape index (κ2) is 8.86. The highest BCUT2D eigenvalue weighted by molar-refractivity contribution is 6.33. The van der Waals surface area contributed by atoms with E-state index in [0.29, 0.717) is 10.6 Å². The van der Waals surface area contributed by atoms with Crippen molar-refractivity contribution in [1.82, 2.24) is 4.90 Å². The first kappa shape index (κ1) is 20.0. The van der Waals surface area contributed by atoms with Gasteiger partial charge in [-0.2, -0.15) is 0 Å². The molecule has 0 bridgehead atoms. The van der Waals surface area contributed by atoms with Crippen LogP contribution in [0, 0.1) is 13.8 Å². The van der Waals surface area contributed by atoms with Crippen LogP contribution in [0.5, 0.6) is 0 Å². The molecule has 0 aliphatic rings. The van der Waals surface area contributed by atoms with Gasteiger partial charge >= 0.3 is 5.97 Å². The molecular formula is C21H25ClN2O2. The highest BCUT2D eigenvalue weighted by Gasteiger charge is 2.19.